The first kappa shape index (κ1) is 81.1. The van der Waals surface area contributed by atoms with Gasteiger partial charge in [0.1, 0.15) is 0 Å². The van der Waals surface area contributed by atoms with Gasteiger partial charge in [0.15, 0.2) is 0 Å². The maximum atomic E-state index is 8.05. The zero-order chi connectivity index (χ0) is 80.5. The van der Waals surface area contributed by atoms with Crippen LogP contribution in [0.1, 0.15) is 23.5 Å². The molecular formula is C104H78Ir4N7-7. The zero-order valence-corrected chi connectivity index (χ0v) is 72.5. The molecule has 7 aromatic heterocycles. The molecule has 0 aliphatic rings. The standard InChI is InChI=1S/3C18H14N.C17H12N.3C11H8N.4Ir/c1-14-7-5-6-10-17(14)16-11-12-19-18(13-16)15-8-3-2-4-9-15;2*1-14-7-5-6-10-17(14)16-11-12-18(19-13-16)15-8-3-2-4-9-15;1-3-7-14(8-4-1)16-11-12-18-17(13-16)15-9-5-2-6-10-15;3*1-2-6-10(7-3-1)11-8-4-5-9-12-11;;;;/h3*2-8,10-13H,1H3;1-9,11-13H;3*1-6,8-9H;;;;/q7*-1;;;;/i;;;1D,3D,4D,7D,8D;;;;;;;. The third-order valence-electron chi connectivity index (χ3n) is 17.1. The Labute approximate surface area is 738 Å². The smallest absolute Gasteiger partial charge is 0.0629 e. The van der Waals surface area contributed by atoms with Gasteiger partial charge in [-0.15, -0.1) is 251 Å². The molecule has 0 N–H and O–H groups in total. The Morgan fingerprint density at radius 3 is 0.748 bits per heavy atom. The van der Waals surface area contributed by atoms with Gasteiger partial charge in [-0.1, -0.05) is 176 Å². The maximum Gasteiger partial charge on any atom is 0.0629 e. The monoisotopic (exact) mass is 2200 g/mol. The van der Waals surface area contributed by atoms with Crippen LogP contribution >= 0.6 is 0 Å². The fraction of sp³-hybridized carbons (Fsp3) is 0.0288. The molecule has 0 bridgehead atoms. The third kappa shape index (κ3) is 27.4. The predicted molar refractivity (Wildman–Crippen MR) is 456 cm³/mol. The summed E-state index contributed by atoms with van der Waals surface area (Å²) in [5.74, 6) is 0. The van der Waals surface area contributed by atoms with Gasteiger partial charge >= 0.3 is 0 Å². The van der Waals surface area contributed by atoms with E-state index < -0.39 is 6.04 Å². The van der Waals surface area contributed by atoms with Crippen LogP contribution in [0, 0.1) is 63.2 Å². The van der Waals surface area contributed by atoms with Gasteiger partial charge in [0.2, 0.25) is 0 Å². The molecule has 18 aromatic rings. The molecule has 7 heterocycles. The molecule has 11 aromatic carbocycles. The van der Waals surface area contributed by atoms with Crippen LogP contribution in [-0.2, 0) is 80.4 Å². The SMILES string of the molecule is Cc1ccccc1-c1ccc(-c2[c-]cccc2)nc1.Cc1ccccc1-c1ccc(-c2[c-]cccc2)nc1.Cc1ccccc1-c1ccnc(-c2[c-]cccc2)c1.[2H]c1c([2H])c([2H])c(-c2ccnc(-c3[c-]cccc3)c2)c([2H])c1[2H].[Ir].[Ir].[Ir].[Ir].[c-]1ccccc1-c1ccccn1.[c-]1ccccc1-c1ccccn1.[c-]1ccccc1-c1ccccn1. The topological polar surface area (TPSA) is 90.2 Å². The van der Waals surface area contributed by atoms with Crippen molar-refractivity contribution in [1.29, 1.82) is 0 Å². The van der Waals surface area contributed by atoms with Crippen molar-refractivity contribution < 1.29 is 87.3 Å². The van der Waals surface area contributed by atoms with Gasteiger partial charge in [0.25, 0.3) is 0 Å². The second-order valence-electron chi connectivity index (χ2n) is 24.7. The summed E-state index contributed by atoms with van der Waals surface area (Å²) in [7, 11) is 0. The van der Waals surface area contributed by atoms with Crippen LogP contribution < -0.4 is 0 Å². The molecule has 7 nitrogen and oxygen atoms in total. The largest absolute Gasteiger partial charge is 0.305 e. The van der Waals surface area contributed by atoms with Crippen LogP contribution in [0.3, 0.4) is 0 Å². The van der Waals surface area contributed by atoms with E-state index >= 15 is 0 Å². The molecule has 0 saturated carbocycles. The third-order valence-corrected chi connectivity index (χ3v) is 17.1. The Morgan fingerprint density at radius 1 is 0.209 bits per heavy atom. The van der Waals surface area contributed by atoms with Crippen LogP contribution in [0.2, 0.25) is 0 Å². The average Bonchev–Trinajstić information content (AvgIpc) is 0.743. The van der Waals surface area contributed by atoms with Crippen molar-refractivity contribution >= 4 is 0 Å². The minimum Gasteiger partial charge on any atom is -0.305 e. The fourth-order valence-corrected chi connectivity index (χ4v) is 11.4. The van der Waals surface area contributed by atoms with Crippen LogP contribution in [0.5, 0.6) is 0 Å². The predicted octanol–water partition coefficient (Wildman–Crippen LogP) is 25.4. The van der Waals surface area contributed by atoms with Gasteiger partial charge in [-0.25, -0.2) is 0 Å². The van der Waals surface area contributed by atoms with E-state index in [-0.39, 0.29) is 110 Å². The molecule has 4 radical (unpaired) electrons. The summed E-state index contributed by atoms with van der Waals surface area (Å²) in [5.41, 5.74) is 25.1. The van der Waals surface area contributed by atoms with Crippen molar-refractivity contribution in [3.63, 3.8) is 0 Å². The molecule has 572 valence electrons. The number of benzene rings is 11. The second kappa shape index (κ2) is 48.9. The van der Waals surface area contributed by atoms with E-state index in [0.717, 1.165) is 84.2 Å². The summed E-state index contributed by atoms with van der Waals surface area (Å²) in [6.07, 6.45) is 12.6. The normalized spacial score (nSPS) is 10.4. The fourth-order valence-electron chi connectivity index (χ4n) is 11.4. The Hall–Kier alpha value is -11.9. The van der Waals surface area contributed by atoms with Gasteiger partial charge in [-0.05, 0) is 152 Å². The van der Waals surface area contributed by atoms with Crippen molar-refractivity contribution in [2.24, 2.45) is 0 Å². The summed E-state index contributed by atoms with van der Waals surface area (Å²) < 4.78 is 39.3. The molecule has 0 amide bonds. The van der Waals surface area contributed by atoms with Gasteiger partial charge < -0.3 is 34.9 Å². The van der Waals surface area contributed by atoms with E-state index in [1.54, 1.807) is 43.0 Å². The molecule has 0 unspecified atom stereocenters. The van der Waals surface area contributed by atoms with E-state index in [4.69, 9.17) is 6.85 Å². The maximum absolute atomic E-state index is 8.05. The molecule has 0 spiro atoms. The molecule has 0 aliphatic heterocycles. The van der Waals surface area contributed by atoms with E-state index in [0.29, 0.717) is 11.3 Å². The van der Waals surface area contributed by atoms with E-state index in [2.05, 4.69) is 195 Å². The molecule has 0 aliphatic carbocycles. The summed E-state index contributed by atoms with van der Waals surface area (Å²) in [5, 5.41) is 0. The van der Waals surface area contributed by atoms with Crippen LogP contribution in [0.25, 0.3) is 123 Å². The van der Waals surface area contributed by atoms with Gasteiger partial charge in [-0.2, -0.15) is 0 Å². The van der Waals surface area contributed by atoms with Crippen molar-refractivity contribution in [2.45, 2.75) is 20.8 Å². The summed E-state index contributed by atoms with van der Waals surface area (Å²) >= 11 is 0. The Kier molecular flexibility index (Phi) is 34.5. The summed E-state index contributed by atoms with van der Waals surface area (Å²) in [6, 6.07) is 134. The van der Waals surface area contributed by atoms with Crippen LogP contribution in [0.4, 0.5) is 0 Å². The van der Waals surface area contributed by atoms with Crippen molar-refractivity contribution in [3.05, 3.63) is 479 Å². The number of hydrogen-bond donors (Lipinski definition) is 0. The molecule has 0 fully saturated rings. The number of aromatic nitrogens is 7. The molecule has 18 rings (SSSR count). The zero-order valence-electron chi connectivity index (χ0n) is 67.9. The van der Waals surface area contributed by atoms with E-state index in [1.165, 1.54) is 38.9 Å². The quantitative estimate of drug-likeness (QED) is 0.119. The Bertz CT molecular complexity index is 5570. The minimum absolute atomic E-state index is 0. The van der Waals surface area contributed by atoms with Crippen LogP contribution in [0.15, 0.2) is 419 Å². The van der Waals surface area contributed by atoms with Gasteiger partial charge in [0, 0.05) is 124 Å². The molecule has 11 heteroatoms. The van der Waals surface area contributed by atoms with Crippen LogP contribution in [-0.4, -0.2) is 34.9 Å². The van der Waals surface area contributed by atoms with Crippen molar-refractivity contribution in [1.82, 2.24) is 34.9 Å². The summed E-state index contributed by atoms with van der Waals surface area (Å²) in [6.45, 7) is 6.37. The van der Waals surface area contributed by atoms with E-state index in [1.807, 2.05) is 249 Å². The van der Waals surface area contributed by atoms with Gasteiger partial charge in [0.05, 0.1) is 6.85 Å². The van der Waals surface area contributed by atoms with Crippen molar-refractivity contribution in [3.8, 4) is 123 Å². The number of pyridine rings is 7. The Balaban J connectivity index is 0.000000175. The second-order valence-corrected chi connectivity index (χ2v) is 24.7. The average molecular weight is 2200 g/mol. The number of rotatable bonds is 11. The molecule has 115 heavy (non-hydrogen) atoms. The van der Waals surface area contributed by atoms with E-state index in [9.17, 15) is 0 Å². The van der Waals surface area contributed by atoms with Gasteiger partial charge in [-0.3, -0.25) is 0 Å². The Morgan fingerprint density at radius 2 is 0.470 bits per heavy atom. The van der Waals surface area contributed by atoms with Crippen molar-refractivity contribution in [2.75, 3.05) is 0 Å². The number of nitrogens with zero attached hydrogens (tertiary/aromatic N) is 7. The molecule has 0 saturated heterocycles. The molecule has 0 atom stereocenters. The number of hydrogen-bond acceptors (Lipinski definition) is 7. The molecular weight excluding hydrogens is 2120 g/mol. The first-order valence-corrected chi connectivity index (χ1v) is 36.1. The summed E-state index contributed by atoms with van der Waals surface area (Å²) in [4.78, 5) is 30.4. The first-order valence-electron chi connectivity index (χ1n) is 38.6. The minimum atomic E-state index is -0.394. The first-order chi connectivity index (χ1) is 56.9. The number of aryl methyl sites for hydroxylation is 3.